The van der Waals surface area contributed by atoms with Crippen LogP contribution in [-0.4, -0.2) is 12.0 Å². The summed E-state index contributed by atoms with van der Waals surface area (Å²) in [5, 5.41) is 4.27. The van der Waals surface area contributed by atoms with Gasteiger partial charge in [0, 0.05) is 23.2 Å². The lowest BCUT2D eigenvalue weighted by atomic mass is 10.0. The van der Waals surface area contributed by atoms with Gasteiger partial charge in [-0.25, -0.2) is 4.98 Å². The van der Waals surface area contributed by atoms with Crippen LogP contribution in [0.15, 0.2) is 24.4 Å². The molecule has 0 amide bonds. The summed E-state index contributed by atoms with van der Waals surface area (Å²) in [5.41, 5.74) is 3.88. The molecule has 84 valence electrons. The molecule has 0 aliphatic heterocycles. The summed E-state index contributed by atoms with van der Waals surface area (Å²) in [6.45, 7) is 5.17. The Hall–Kier alpha value is -1.19. The molecule has 1 heterocycles. The molecule has 2 rings (SSSR count). The fourth-order valence-corrected chi connectivity index (χ4v) is 2.93. The number of aromatic nitrogens is 1. The lowest BCUT2D eigenvalue weighted by Gasteiger charge is -2.05. The molecule has 0 fully saturated rings. The molecule has 0 aliphatic carbocycles. The molecule has 0 saturated heterocycles. The maximum Gasteiger partial charge on any atom is 0.124 e. The van der Waals surface area contributed by atoms with Gasteiger partial charge in [0.2, 0.25) is 0 Å². The number of thiazole rings is 1. The van der Waals surface area contributed by atoms with E-state index < -0.39 is 0 Å². The molecule has 0 saturated carbocycles. The van der Waals surface area contributed by atoms with E-state index in [2.05, 4.69) is 42.3 Å². The van der Waals surface area contributed by atoms with Crippen LogP contribution in [0.2, 0.25) is 0 Å². The molecule has 0 bridgehead atoms. The summed E-state index contributed by atoms with van der Waals surface area (Å²) in [7, 11) is 1.96. The van der Waals surface area contributed by atoms with Crippen LogP contribution in [0.4, 0.5) is 0 Å². The van der Waals surface area contributed by atoms with Crippen molar-refractivity contribution in [2.45, 2.75) is 20.4 Å². The van der Waals surface area contributed by atoms with Gasteiger partial charge in [-0.2, -0.15) is 0 Å². The Morgan fingerprint density at radius 2 is 1.94 bits per heavy atom. The molecule has 0 aliphatic rings. The molecule has 0 atom stereocenters. The topological polar surface area (TPSA) is 24.9 Å². The zero-order valence-electron chi connectivity index (χ0n) is 9.87. The predicted octanol–water partition coefficient (Wildman–Crippen LogP) is 3.15. The highest BCUT2D eigenvalue weighted by Gasteiger charge is 2.09. The number of nitrogens with zero attached hydrogens (tertiary/aromatic N) is 1. The predicted molar refractivity (Wildman–Crippen MR) is 69.8 cm³/mol. The minimum atomic E-state index is 0.891. The third kappa shape index (κ3) is 2.15. The van der Waals surface area contributed by atoms with Crippen LogP contribution < -0.4 is 5.32 Å². The molecular weight excluding hydrogens is 216 g/mol. The Morgan fingerprint density at radius 3 is 2.56 bits per heavy atom. The zero-order chi connectivity index (χ0) is 11.5. The van der Waals surface area contributed by atoms with Crippen molar-refractivity contribution in [1.82, 2.24) is 10.3 Å². The third-order valence-corrected chi connectivity index (χ3v) is 3.61. The van der Waals surface area contributed by atoms with Gasteiger partial charge in [0.05, 0.1) is 0 Å². The summed E-state index contributed by atoms with van der Waals surface area (Å²) in [6, 6.07) is 6.37. The van der Waals surface area contributed by atoms with Crippen LogP contribution in [0.3, 0.4) is 0 Å². The Morgan fingerprint density at radius 1 is 1.25 bits per heavy atom. The number of nitrogens with one attached hydrogen (secondary N) is 1. The van der Waals surface area contributed by atoms with E-state index in [1.54, 1.807) is 11.3 Å². The normalized spacial score (nSPS) is 10.7. The Bertz CT molecular complexity index is 468. The van der Waals surface area contributed by atoms with Crippen molar-refractivity contribution in [3.8, 4) is 10.6 Å². The van der Waals surface area contributed by atoms with E-state index in [0.717, 1.165) is 11.6 Å². The summed E-state index contributed by atoms with van der Waals surface area (Å²) in [6.07, 6.45) is 1.96. The van der Waals surface area contributed by atoms with Crippen LogP contribution in [-0.2, 0) is 6.54 Å². The molecule has 2 aromatic rings. The van der Waals surface area contributed by atoms with Crippen molar-refractivity contribution >= 4 is 11.3 Å². The van der Waals surface area contributed by atoms with Crippen LogP contribution in [0, 0.1) is 13.8 Å². The van der Waals surface area contributed by atoms with Gasteiger partial charge in [-0.1, -0.05) is 18.2 Å². The van der Waals surface area contributed by atoms with Crippen LogP contribution in [0.1, 0.15) is 16.0 Å². The lowest BCUT2D eigenvalue weighted by molar-refractivity contribution is 0.829. The first-order chi connectivity index (χ1) is 7.72. The Kier molecular flexibility index (Phi) is 3.36. The molecule has 0 radical (unpaired) electrons. The highest BCUT2D eigenvalue weighted by molar-refractivity contribution is 7.15. The number of hydrogen-bond donors (Lipinski definition) is 1. The quantitative estimate of drug-likeness (QED) is 0.879. The van der Waals surface area contributed by atoms with E-state index >= 15 is 0 Å². The highest BCUT2D eigenvalue weighted by atomic mass is 32.1. The Balaban J connectivity index is 2.42. The Labute approximate surface area is 100 Å². The standard InChI is InChI=1S/C13H16N2S/c1-9-5-4-6-10(2)12(9)13-15-8-11(16-13)7-14-3/h4-6,8,14H,7H2,1-3H3. The first-order valence-electron chi connectivity index (χ1n) is 5.38. The van der Waals surface area contributed by atoms with Gasteiger partial charge in [0.25, 0.3) is 0 Å². The van der Waals surface area contributed by atoms with Crippen LogP contribution in [0.5, 0.6) is 0 Å². The van der Waals surface area contributed by atoms with E-state index in [0.29, 0.717) is 0 Å². The van der Waals surface area contributed by atoms with E-state index in [-0.39, 0.29) is 0 Å². The lowest BCUT2D eigenvalue weighted by Crippen LogP contribution is -2.02. The van der Waals surface area contributed by atoms with Crippen molar-refractivity contribution in [3.05, 3.63) is 40.4 Å². The summed E-state index contributed by atoms with van der Waals surface area (Å²) < 4.78 is 0. The summed E-state index contributed by atoms with van der Waals surface area (Å²) in [5.74, 6) is 0. The second-order valence-corrected chi connectivity index (χ2v) is 5.04. The summed E-state index contributed by atoms with van der Waals surface area (Å²) in [4.78, 5) is 5.78. The summed E-state index contributed by atoms with van der Waals surface area (Å²) >= 11 is 1.77. The molecule has 1 aromatic carbocycles. The minimum Gasteiger partial charge on any atom is -0.315 e. The first kappa shape index (κ1) is 11.3. The van der Waals surface area contributed by atoms with Crippen molar-refractivity contribution in [3.63, 3.8) is 0 Å². The number of rotatable bonds is 3. The van der Waals surface area contributed by atoms with Crippen molar-refractivity contribution in [2.75, 3.05) is 7.05 Å². The third-order valence-electron chi connectivity index (χ3n) is 2.60. The molecule has 3 heteroatoms. The SMILES string of the molecule is CNCc1cnc(-c2c(C)cccc2C)s1. The van der Waals surface area contributed by atoms with Gasteiger partial charge in [-0.15, -0.1) is 11.3 Å². The minimum absolute atomic E-state index is 0.891. The van der Waals surface area contributed by atoms with Gasteiger partial charge < -0.3 is 5.32 Å². The van der Waals surface area contributed by atoms with Gasteiger partial charge in [0.1, 0.15) is 5.01 Å². The van der Waals surface area contributed by atoms with Crippen molar-refractivity contribution in [2.24, 2.45) is 0 Å². The molecule has 1 N–H and O–H groups in total. The molecule has 1 aromatic heterocycles. The van der Waals surface area contributed by atoms with Gasteiger partial charge in [0.15, 0.2) is 0 Å². The van der Waals surface area contributed by atoms with Crippen molar-refractivity contribution < 1.29 is 0 Å². The monoisotopic (exact) mass is 232 g/mol. The smallest absolute Gasteiger partial charge is 0.124 e. The molecule has 2 nitrogen and oxygen atoms in total. The van der Waals surface area contributed by atoms with E-state index in [4.69, 9.17) is 0 Å². The highest BCUT2D eigenvalue weighted by Crippen LogP contribution is 2.30. The van der Waals surface area contributed by atoms with Crippen LogP contribution in [0.25, 0.3) is 10.6 Å². The maximum absolute atomic E-state index is 4.51. The van der Waals surface area contributed by atoms with Gasteiger partial charge in [-0.05, 0) is 32.0 Å². The van der Waals surface area contributed by atoms with Crippen molar-refractivity contribution in [1.29, 1.82) is 0 Å². The first-order valence-corrected chi connectivity index (χ1v) is 6.20. The molecule has 0 spiro atoms. The van der Waals surface area contributed by atoms with E-state index in [1.807, 2.05) is 13.2 Å². The molecular formula is C13H16N2S. The van der Waals surface area contributed by atoms with E-state index in [1.165, 1.54) is 21.6 Å². The average molecular weight is 232 g/mol. The largest absolute Gasteiger partial charge is 0.315 e. The van der Waals surface area contributed by atoms with Gasteiger partial charge >= 0.3 is 0 Å². The fourth-order valence-electron chi connectivity index (χ4n) is 1.83. The molecule has 0 unspecified atom stereocenters. The average Bonchev–Trinajstić information content (AvgIpc) is 2.67. The second kappa shape index (κ2) is 4.76. The fraction of sp³-hybridized carbons (Fsp3) is 0.308. The number of aryl methyl sites for hydroxylation is 2. The van der Waals surface area contributed by atoms with Crippen LogP contribution >= 0.6 is 11.3 Å². The van der Waals surface area contributed by atoms with Gasteiger partial charge in [-0.3, -0.25) is 0 Å². The zero-order valence-corrected chi connectivity index (χ0v) is 10.7. The van der Waals surface area contributed by atoms with E-state index in [9.17, 15) is 0 Å². The molecule has 16 heavy (non-hydrogen) atoms. The second-order valence-electron chi connectivity index (χ2n) is 3.93. The number of hydrogen-bond acceptors (Lipinski definition) is 3. The maximum atomic E-state index is 4.51. The number of benzene rings is 1.